The van der Waals surface area contributed by atoms with Gasteiger partial charge in [-0.15, -0.1) is 5.10 Å². The van der Waals surface area contributed by atoms with Crippen molar-refractivity contribution < 1.29 is 9.72 Å². The molecule has 2 aromatic carbocycles. The molecule has 0 bridgehead atoms. The lowest BCUT2D eigenvalue weighted by molar-refractivity contribution is -0.384. The third-order valence-corrected chi connectivity index (χ3v) is 5.06. The van der Waals surface area contributed by atoms with Crippen LogP contribution in [0.15, 0.2) is 52.1 Å². The van der Waals surface area contributed by atoms with E-state index in [9.17, 15) is 14.9 Å². The molecule has 0 aliphatic heterocycles. The van der Waals surface area contributed by atoms with E-state index < -0.39 is 4.92 Å². The molecule has 1 heterocycles. The molecular weight excluding hydrogens is 458 g/mol. The van der Waals surface area contributed by atoms with Crippen LogP contribution in [0.4, 0.5) is 11.4 Å². The summed E-state index contributed by atoms with van der Waals surface area (Å²) in [7, 11) is 0. The molecule has 0 aliphatic rings. The SMILES string of the molecule is O=C(CSc1n[nH]c(-c2ccc(Br)cc2)n1)Nc1cc([N+](=O)[O-])ccc1Cl. The largest absolute Gasteiger partial charge is 0.324 e. The van der Waals surface area contributed by atoms with Crippen LogP contribution in [0.2, 0.25) is 5.02 Å². The number of carbonyl (C=O) groups is 1. The summed E-state index contributed by atoms with van der Waals surface area (Å²) >= 11 is 10.5. The average molecular weight is 469 g/mol. The number of H-pyrrole nitrogens is 1. The summed E-state index contributed by atoms with van der Waals surface area (Å²) in [5.74, 6) is 0.237. The molecule has 0 spiro atoms. The van der Waals surface area contributed by atoms with Crippen molar-refractivity contribution in [1.29, 1.82) is 0 Å². The first-order chi connectivity index (χ1) is 12.9. The molecule has 8 nitrogen and oxygen atoms in total. The fourth-order valence-corrected chi connectivity index (χ4v) is 3.11. The number of rotatable bonds is 6. The van der Waals surface area contributed by atoms with Crippen LogP contribution in [0.3, 0.4) is 0 Å². The predicted molar refractivity (Wildman–Crippen MR) is 107 cm³/mol. The first-order valence-electron chi connectivity index (χ1n) is 7.47. The van der Waals surface area contributed by atoms with E-state index in [1.807, 2.05) is 24.3 Å². The molecule has 1 aromatic heterocycles. The number of nitrogens with one attached hydrogen (secondary N) is 2. The maximum absolute atomic E-state index is 12.1. The van der Waals surface area contributed by atoms with Crippen LogP contribution < -0.4 is 5.32 Å². The molecular formula is C16H11BrClN5O3S. The van der Waals surface area contributed by atoms with Gasteiger partial charge >= 0.3 is 0 Å². The smallest absolute Gasteiger partial charge is 0.271 e. The number of anilines is 1. The van der Waals surface area contributed by atoms with E-state index in [1.165, 1.54) is 18.2 Å². The van der Waals surface area contributed by atoms with E-state index >= 15 is 0 Å². The van der Waals surface area contributed by atoms with Crippen LogP contribution in [0.1, 0.15) is 0 Å². The molecule has 0 saturated heterocycles. The maximum Gasteiger partial charge on any atom is 0.271 e. The van der Waals surface area contributed by atoms with Gasteiger partial charge in [-0.3, -0.25) is 20.0 Å². The summed E-state index contributed by atoms with van der Waals surface area (Å²) in [6, 6.07) is 11.4. The van der Waals surface area contributed by atoms with E-state index in [-0.39, 0.29) is 28.1 Å². The Hall–Kier alpha value is -2.43. The van der Waals surface area contributed by atoms with Crippen LogP contribution in [0, 0.1) is 10.1 Å². The lowest BCUT2D eigenvalue weighted by atomic mass is 10.2. The van der Waals surface area contributed by atoms with Crippen molar-refractivity contribution in [3.63, 3.8) is 0 Å². The highest BCUT2D eigenvalue weighted by atomic mass is 79.9. The molecule has 0 unspecified atom stereocenters. The monoisotopic (exact) mass is 467 g/mol. The summed E-state index contributed by atoms with van der Waals surface area (Å²) in [4.78, 5) is 26.7. The molecule has 0 atom stereocenters. The van der Waals surface area contributed by atoms with Gasteiger partial charge in [0.1, 0.15) is 0 Å². The number of amides is 1. The third-order valence-electron chi connectivity index (χ3n) is 3.35. The van der Waals surface area contributed by atoms with Gasteiger partial charge in [-0.1, -0.05) is 51.4 Å². The van der Waals surface area contributed by atoms with Crippen LogP contribution in [0.25, 0.3) is 11.4 Å². The van der Waals surface area contributed by atoms with E-state index in [1.54, 1.807) is 0 Å². The number of halogens is 2. The minimum Gasteiger partial charge on any atom is -0.324 e. The van der Waals surface area contributed by atoms with Crippen molar-refractivity contribution >= 4 is 56.6 Å². The lowest BCUT2D eigenvalue weighted by Gasteiger charge is -2.06. The number of hydrogen-bond donors (Lipinski definition) is 2. The van der Waals surface area contributed by atoms with Gasteiger partial charge in [0.15, 0.2) is 5.82 Å². The lowest BCUT2D eigenvalue weighted by Crippen LogP contribution is -2.14. The van der Waals surface area contributed by atoms with Crippen molar-refractivity contribution in [3.8, 4) is 11.4 Å². The van der Waals surface area contributed by atoms with Crippen LogP contribution >= 0.6 is 39.3 Å². The van der Waals surface area contributed by atoms with E-state index in [0.717, 1.165) is 21.8 Å². The van der Waals surface area contributed by atoms with Crippen LogP contribution in [-0.4, -0.2) is 31.8 Å². The second-order valence-electron chi connectivity index (χ2n) is 5.23. The Kier molecular flexibility index (Phi) is 6.09. The molecule has 138 valence electrons. The summed E-state index contributed by atoms with van der Waals surface area (Å²) < 4.78 is 0.955. The van der Waals surface area contributed by atoms with Gasteiger partial charge in [-0.25, -0.2) is 4.98 Å². The first-order valence-corrected chi connectivity index (χ1v) is 9.63. The average Bonchev–Trinajstić information content (AvgIpc) is 3.11. The minimum absolute atomic E-state index is 0.0245. The first kappa shape index (κ1) is 19.3. The molecule has 0 radical (unpaired) electrons. The Bertz CT molecular complexity index is 996. The van der Waals surface area contributed by atoms with Crippen molar-refractivity contribution in [2.75, 3.05) is 11.1 Å². The second kappa shape index (κ2) is 8.51. The topological polar surface area (TPSA) is 114 Å². The molecule has 0 fully saturated rings. The Morgan fingerprint density at radius 2 is 2.04 bits per heavy atom. The van der Waals surface area contributed by atoms with E-state index in [2.05, 4.69) is 36.4 Å². The number of aromatic amines is 1. The van der Waals surface area contributed by atoms with E-state index in [0.29, 0.717) is 11.0 Å². The van der Waals surface area contributed by atoms with Gasteiger partial charge in [0.2, 0.25) is 11.1 Å². The molecule has 1 amide bonds. The normalized spacial score (nSPS) is 10.6. The standard InChI is InChI=1S/C16H11BrClN5O3S/c17-10-3-1-9(2-4-10)15-20-16(22-21-15)27-8-14(24)19-13-7-11(23(25)26)5-6-12(13)18/h1-7H,8H2,(H,19,24)(H,20,21,22). The van der Waals surface area contributed by atoms with Gasteiger partial charge in [0.05, 0.1) is 21.4 Å². The summed E-state index contributed by atoms with van der Waals surface area (Å²) in [6.07, 6.45) is 0. The molecule has 3 rings (SSSR count). The highest BCUT2D eigenvalue weighted by Gasteiger charge is 2.13. The number of nitro benzene ring substituents is 1. The minimum atomic E-state index is -0.558. The van der Waals surface area contributed by atoms with Gasteiger partial charge in [0.25, 0.3) is 5.69 Å². The highest BCUT2D eigenvalue weighted by molar-refractivity contribution is 9.10. The van der Waals surface area contributed by atoms with Gasteiger partial charge in [-0.2, -0.15) is 0 Å². The molecule has 2 N–H and O–H groups in total. The Morgan fingerprint density at radius 1 is 1.30 bits per heavy atom. The van der Waals surface area contributed by atoms with Gasteiger partial charge < -0.3 is 5.32 Å². The van der Waals surface area contributed by atoms with Gasteiger partial charge in [-0.05, 0) is 18.2 Å². The maximum atomic E-state index is 12.1. The number of carbonyl (C=O) groups excluding carboxylic acids is 1. The number of nitrogens with zero attached hydrogens (tertiary/aromatic N) is 3. The van der Waals surface area contributed by atoms with Crippen molar-refractivity contribution in [2.45, 2.75) is 5.16 Å². The number of nitro groups is 1. The number of hydrogen-bond acceptors (Lipinski definition) is 6. The summed E-state index contributed by atoms with van der Waals surface area (Å²) in [6.45, 7) is 0. The van der Waals surface area contributed by atoms with Gasteiger partial charge in [0, 0.05) is 22.2 Å². The number of thioether (sulfide) groups is 1. The zero-order valence-electron chi connectivity index (χ0n) is 13.5. The zero-order valence-corrected chi connectivity index (χ0v) is 16.6. The van der Waals surface area contributed by atoms with Crippen molar-refractivity contribution in [1.82, 2.24) is 15.2 Å². The van der Waals surface area contributed by atoms with Crippen LogP contribution in [-0.2, 0) is 4.79 Å². The molecule has 27 heavy (non-hydrogen) atoms. The fourth-order valence-electron chi connectivity index (χ4n) is 2.09. The number of aromatic nitrogens is 3. The molecule has 11 heteroatoms. The summed E-state index contributed by atoms with van der Waals surface area (Å²) in [5.41, 5.74) is 0.892. The Morgan fingerprint density at radius 3 is 2.74 bits per heavy atom. The Labute approximate surface area is 171 Å². The molecule has 0 saturated carbocycles. The fraction of sp³-hybridized carbons (Fsp3) is 0.0625. The highest BCUT2D eigenvalue weighted by Crippen LogP contribution is 2.27. The second-order valence-corrected chi connectivity index (χ2v) is 7.50. The molecule has 3 aromatic rings. The molecule has 0 aliphatic carbocycles. The van der Waals surface area contributed by atoms with Crippen LogP contribution in [0.5, 0.6) is 0 Å². The third kappa shape index (κ3) is 5.06. The summed E-state index contributed by atoms with van der Waals surface area (Å²) in [5, 5.41) is 20.9. The van der Waals surface area contributed by atoms with E-state index in [4.69, 9.17) is 11.6 Å². The quantitative estimate of drug-likeness (QED) is 0.312. The zero-order chi connectivity index (χ0) is 19.4. The van der Waals surface area contributed by atoms with Crippen molar-refractivity contribution in [3.05, 3.63) is 62.1 Å². The predicted octanol–water partition coefficient (Wildman–Crippen LogP) is 4.53. The Balaban J connectivity index is 1.61. The number of non-ortho nitro benzene ring substituents is 1. The van der Waals surface area contributed by atoms with Crippen molar-refractivity contribution in [2.24, 2.45) is 0 Å². The number of benzene rings is 2.